The number of carbonyl (C=O) groups excluding carboxylic acids is 1. The van der Waals surface area contributed by atoms with Gasteiger partial charge in [-0.05, 0) is 45.2 Å². The van der Waals surface area contributed by atoms with Crippen LogP contribution in [0, 0.1) is 5.92 Å². The Morgan fingerprint density at radius 3 is 2.62 bits per heavy atom. The average molecular weight is 369 g/mol. The molecule has 1 fully saturated rings. The summed E-state index contributed by atoms with van der Waals surface area (Å²) in [6.45, 7) is 6.37. The summed E-state index contributed by atoms with van der Waals surface area (Å²) in [6.07, 6.45) is -4.32. The van der Waals surface area contributed by atoms with E-state index in [1.54, 1.807) is 49.9 Å². The number of imidazole rings is 1. The number of rotatable bonds is 2. The van der Waals surface area contributed by atoms with E-state index >= 15 is 0 Å². The van der Waals surface area contributed by atoms with E-state index in [-0.39, 0.29) is 12.5 Å². The Morgan fingerprint density at radius 1 is 1.27 bits per heavy atom. The fraction of sp³-hybridized carbons (Fsp3) is 0.556. The van der Waals surface area contributed by atoms with Crippen molar-refractivity contribution in [1.29, 1.82) is 0 Å². The lowest BCUT2D eigenvalue weighted by atomic mass is 10.1. The van der Waals surface area contributed by atoms with Gasteiger partial charge in [0.1, 0.15) is 5.60 Å². The molecule has 3 rings (SSSR count). The lowest BCUT2D eigenvalue weighted by molar-refractivity contribution is -0.147. The summed E-state index contributed by atoms with van der Waals surface area (Å²) in [4.78, 5) is 17.5. The van der Waals surface area contributed by atoms with Crippen LogP contribution in [0.25, 0.3) is 11.0 Å². The molecule has 0 N–H and O–H groups in total. The molecule has 142 valence electrons. The summed E-state index contributed by atoms with van der Waals surface area (Å²) >= 11 is 0. The van der Waals surface area contributed by atoms with E-state index < -0.39 is 23.7 Å². The number of ether oxygens (including phenoxy) is 1. The Hall–Kier alpha value is -2.25. The van der Waals surface area contributed by atoms with Crippen LogP contribution < -0.4 is 0 Å². The van der Waals surface area contributed by atoms with Gasteiger partial charge in [0.15, 0.2) is 0 Å². The van der Waals surface area contributed by atoms with Gasteiger partial charge in [-0.25, -0.2) is 9.78 Å². The third-order valence-corrected chi connectivity index (χ3v) is 4.29. The second-order valence-electron chi connectivity index (χ2n) is 7.61. The van der Waals surface area contributed by atoms with Crippen LogP contribution in [0.15, 0.2) is 24.3 Å². The SMILES string of the molecule is CC(C)(C)OC(=O)N1CCC(Cn2c(C(F)(F)F)nc3ccccc32)C1. The molecular formula is C18H22F3N3O2. The summed E-state index contributed by atoms with van der Waals surface area (Å²) < 4.78 is 46.7. The minimum atomic E-state index is -4.53. The van der Waals surface area contributed by atoms with Gasteiger partial charge in [-0.2, -0.15) is 13.2 Å². The lowest BCUT2D eigenvalue weighted by Gasteiger charge is -2.24. The number of hydrogen-bond acceptors (Lipinski definition) is 3. The van der Waals surface area contributed by atoms with Crippen LogP contribution in [-0.4, -0.2) is 39.2 Å². The Balaban J connectivity index is 1.79. The second kappa shape index (κ2) is 6.48. The molecule has 0 spiro atoms. The van der Waals surface area contributed by atoms with E-state index in [9.17, 15) is 18.0 Å². The van der Waals surface area contributed by atoms with Crippen molar-refractivity contribution < 1.29 is 22.7 Å². The number of hydrogen-bond donors (Lipinski definition) is 0. The predicted molar refractivity (Wildman–Crippen MR) is 90.6 cm³/mol. The van der Waals surface area contributed by atoms with Gasteiger partial charge in [-0.15, -0.1) is 0 Å². The number of fused-ring (bicyclic) bond motifs is 1. The Bertz CT molecular complexity index is 808. The Morgan fingerprint density at radius 2 is 1.96 bits per heavy atom. The number of amides is 1. The van der Waals surface area contributed by atoms with E-state index in [1.165, 1.54) is 4.57 Å². The molecule has 1 amide bonds. The molecule has 1 aromatic carbocycles. The zero-order valence-electron chi connectivity index (χ0n) is 15.0. The molecule has 1 saturated heterocycles. The monoisotopic (exact) mass is 369 g/mol. The van der Waals surface area contributed by atoms with Crippen molar-refractivity contribution in [1.82, 2.24) is 14.5 Å². The van der Waals surface area contributed by atoms with Crippen LogP contribution in [0.4, 0.5) is 18.0 Å². The van der Waals surface area contributed by atoms with Gasteiger partial charge >= 0.3 is 12.3 Å². The van der Waals surface area contributed by atoms with E-state index in [0.717, 1.165) is 0 Å². The fourth-order valence-electron chi connectivity index (χ4n) is 3.21. The first-order valence-corrected chi connectivity index (χ1v) is 8.55. The smallest absolute Gasteiger partial charge is 0.444 e. The lowest BCUT2D eigenvalue weighted by Crippen LogP contribution is -2.35. The van der Waals surface area contributed by atoms with Crippen molar-refractivity contribution >= 4 is 17.1 Å². The van der Waals surface area contributed by atoms with Gasteiger partial charge < -0.3 is 14.2 Å². The van der Waals surface area contributed by atoms with Crippen molar-refractivity contribution in [2.75, 3.05) is 13.1 Å². The molecule has 0 saturated carbocycles. The summed E-state index contributed by atoms with van der Waals surface area (Å²) in [5.74, 6) is -0.976. The molecule has 8 heteroatoms. The zero-order valence-corrected chi connectivity index (χ0v) is 15.0. The highest BCUT2D eigenvalue weighted by Crippen LogP contribution is 2.33. The zero-order chi connectivity index (χ0) is 19.1. The number of nitrogens with zero attached hydrogens (tertiary/aromatic N) is 3. The Kier molecular flexibility index (Phi) is 4.62. The number of halogens is 3. The van der Waals surface area contributed by atoms with Gasteiger partial charge in [-0.1, -0.05) is 12.1 Å². The molecule has 2 heterocycles. The van der Waals surface area contributed by atoms with E-state index in [4.69, 9.17) is 4.74 Å². The number of alkyl halides is 3. The number of likely N-dealkylation sites (tertiary alicyclic amines) is 1. The first-order chi connectivity index (χ1) is 12.0. The summed E-state index contributed by atoms with van der Waals surface area (Å²) in [7, 11) is 0. The minimum absolute atomic E-state index is 0.0822. The highest BCUT2D eigenvalue weighted by atomic mass is 19.4. The van der Waals surface area contributed by atoms with Crippen molar-refractivity contribution in [3.05, 3.63) is 30.1 Å². The largest absolute Gasteiger partial charge is 0.449 e. The van der Waals surface area contributed by atoms with E-state index in [1.807, 2.05) is 0 Å². The molecule has 1 atom stereocenters. The topological polar surface area (TPSA) is 47.4 Å². The number of aromatic nitrogens is 2. The molecule has 2 aromatic rings. The number of benzene rings is 1. The molecule has 0 bridgehead atoms. The van der Waals surface area contributed by atoms with E-state index in [2.05, 4.69) is 4.98 Å². The normalized spacial score (nSPS) is 18.5. The van der Waals surface area contributed by atoms with Crippen LogP contribution in [0.2, 0.25) is 0 Å². The molecule has 26 heavy (non-hydrogen) atoms. The molecule has 5 nitrogen and oxygen atoms in total. The molecule has 1 aliphatic heterocycles. The summed E-state index contributed by atoms with van der Waals surface area (Å²) in [5, 5.41) is 0. The van der Waals surface area contributed by atoms with Crippen molar-refractivity contribution in [2.24, 2.45) is 5.92 Å². The van der Waals surface area contributed by atoms with Gasteiger partial charge in [0.05, 0.1) is 11.0 Å². The highest BCUT2D eigenvalue weighted by Gasteiger charge is 2.39. The summed E-state index contributed by atoms with van der Waals surface area (Å²) in [6, 6.07) is 6.57. The third-order valence-electron chi connectivity index (χ3n) is 4.29. The van der Waals surface area contributed by atoms with Crippen molar-refractivity contribution in [3.63, 3.8) is 0 Å². The third kappa shape index (κ3) is 3.94. The molecule has 1 unspecified atom stereocenters. The van der Waals surface area contributed by atoms with Crippen LogP contribution in [0.3, 0.4) is 0 Å². The molecular weight excluding hydrogens is 347 g/mol. The quantitative estimate of drug-likeness (QED) is 0.792. The summed E-state index contributed by atoms with van der Waals surface area (Å²) in [5.41, 5.74) is 0.177. The molecule has 1 aromatic heterocycles. The minimum Gasteiger partial charge on any atom is -0.444 e. The molecule has 0 aliphatic carbocycles. The fourth-order valence-corrected chi connectivity index (χ4v) is 3.21. The standard InChI is InChI=1S/C18H22F3N3O2/c1-17(2,3)26-16(25)23-9-8-12(10-23)11-24-14-7-5-4-6-13(14)22-15(24)18(19,20)21/h4-7,12H,8-11H2,1-3H3. The van der Waals surface area contributed by atoms with Gasteiger partial charge in [-0.3, -0.25) is 0 Å². The van der Waals surface area contributed by atoms with Crippen LogP contribution in [-0.2, 0) is 17.5 Å². The van der Waals surface area contributed by atoms with Crippen LogP contribution in [0.5, 0.6) is 0 Å². The molecule has 1 aliphatic rings. The van der Waals surface area contributed by atoms with Crippen LogP contribution in [0.1, 0.15) is 33.0 Å². The second-order valence-corrected chi connectivity index (χ2v) is 7.61. The van der Waals surface area contributed by atoms with Crippen LogP contribution >= 0.6 is 0 Å². The predicted octanol–water partition coefficient (Wildman–Crippen LogP) is 4.31. The maximum absolute atomic E-state index is 13.4. The first-order valence-electron chi connectivity index (χ1n) is 8.55. The highest BCUT2D eigenvalue weighted by molar-refractivity contribution is 5.76. The van der Waals surface area contributed by atoms with Gasteiger partial charge in [0, 0.05) is 19.6 Å². The van der Waals surface area contributed by atoms with Crippen molar-refractivity contribution in [2.45, 2.75) is 45.5 Å². The first kappa shape index (κ1) is 18.5. The van der Waals surface area contributed by atoms with Gasteiger partial charge in [0.2, 0.25) is 5.82 Å². The Labute approximate surface area is 149 Å². The van der Waals surface area contributed by atoms with Crippen molar-refractivity contribution in [3.8, 4) is 0 Å². The van der Waals surface area contributed by atoms with Gasteiger partial charge in [0.25, 0.3) is 0 Å². The maximum Gasteiger partial charge on any atom is 0.449 e. The number of carbonyl (C=O) groups is 1. The average Bonchev–Trinajstić information content (AvgIpc) is 3.11. The number of para-hydroxylation sites is 2. The molecule has 0 radical (unpaired) electrons. The maximum atomic E-state index is 13.4. The van der Waals surface area contributed by atoms with E-state index in [0.29, 0.717) is 30.5 Å².